The third kappa shape index (κ3) is 1.58. The zero-order valence-electron chi connectivity index (χ0n) is 14.0. The lowest BCUT2D eigenvalue weighted by atomic mass is 9.48. The Kier molecular flexibility index (Phi) is 2.54. The maximum Gasteiger partial charge on any atom is 0.139 e. The van der Waals surface area contributed by atoms with E-state index in [-0.39, 0.29) is 11.0 Å². The molecule has 0 N–H and O–H groups in total. The molecule has 1 aliphatic heterocycles. The number of allylic oxidation sites excluding steroid dienone is 2. The van der Waals surface area contributed by atoms with Crippen molar-refractivity contribution in [2.45, 2.75) is 70.8 Å². The van der Waals surface area contributed by atoms with Crippen molar-refractivity contribution in [3.63, 3.8) is 0 Å². The van der Waals surface area contributed by atoms with E-state index in [0.717, 1.165) is 31.8 Å². The summed E-state index contributed by atoms with van der Waals surface area (Å²) in [6, 6.07) is 0. The van der Waals surface area contributed by atoms with E-state index in [1.165, 1.54) is 32.1 Å². The Hall–Kier alpha value is -0.630. The fraction of sp³-hybridized carbons (Fsp3) is 0.850. The van der Waals surface area contributed by atoms with Crippen molar-refractivity contribution >= 4 is 5.78 Å². The first kappa shape index (κ1) is 13.8. The van der Waals surface area contributed by atoms with Gasteiger partial charge >= 0.3 is 0 Å². The van der Waals surface area contributed by atoms with Crippen LogP contribution in [0.2, 0.25) is 0 Å². The molecule has 3 saturated carbocycles. The predicted molar refractivity (Wildman–Crippen MR) is 85.4 cm³/mol. The molecule has 0 aromatic carbocycles. The van der Waals surface area contributed by atoms with E-state index >= 15 is 0 Å². The highest BCUT2D eigenvalue weighted by atomic mass is 16.6. The molecule has 5 rings (SSSR count). The zero-order valence-corrected chi connectivity index (χ0v) is 14.0. The van der Waals surface area contributed by atoms with Gasteiger partial charge in [-0.2, -0.15) is 0 Å². The highest BCUT2D eigenvalue weighted by molar-refractivity contribution is 5.87. The molecule has 0 aromatic heterocycles. The molecule has 1 heterocycles. The Morgan fingerprint density at radius 1 is 1.14 bits per heavy atom. The largest absolute Gasteiger partial charge is 0.370 e. The summed E-state index contributed by atoms with van der Waals surface area (Å²) in [4.78, 5) is 12.4. The Labute approximate surface area is 133 Å². The summed E-state index contributed by atoms with van der Waals surface area (Å²) in [6.45, 7) is 5.80. The zero-order chi connectivity index (χ0) is 15.2. The van der Waals surface area contributed by atoms with Gasteiger partial charge in [-0.25, -0.2) is 0 Å². The molecule has 6 atom stereocenters. The smallest absolute Gasteiger partial charge is 0.139 e. The second kappa shape index (κ2) is 4.06. The van der Waals surface area contributed by atoms with Crippen molar-refractivity contribution in [3.05, 3.63) is 11.6 Å². The van der Waals surface area contributed by atoms with Crippen LogP contribution in [0.3, 0.4) is 0 Å². The van der Waals surface area contributed by atoms with Crippen molar-refractivity contribution in [2.24, 2.45) is 28.6 Å². The van der Waals surface area contributed by atoms with Crippen LogP contribution in [0.4, 0.5) is 0 Å². The van der Waals surface area contributed by atoms with Gasteiger partial charge in [-0.05, 0) is 68.1 Å². The molecule has 4 fully saturated rings. The monoisotopic (exact) mass is 300 g/mol. The molecule has 0 aromatic rings. The summed E-state index contributed by atoms with van der Waals surface area (Å²) >= 11 is 0. The molecule has 1 spiro atoms. The summed E-state index contributed by atoms with van der Waals surface area (Å²) in [7, 11) is 0. The standard InChI is InChI=1S/C20H28O2/c1-18-9-10-20(12-22-20)11-13(18)3-4-14-15-5-6-17(21)19(15,2)8-7-16(14)18/h7,13-15H,3-6,8-12H2,1-2H3/t13-,14?,15-,18-,19-,20+/m0/s1. The normalized spacial score (nSPS) is 56.2. The Morgan fingerprint density at radius 2 is 1.95 bits per heavy atom. The van der Waals surface area contributed by atoms with Crippen LogP contribution in [-0.2, 0) is 9.53 Å². The van der Waals surface area contributed by atoms with Gasteiger partial charge in [0.25, 0.3) is 0 Å². The predicted octanol–water partition coefficient (Wildman–Crippen LogP) is 4.29. The van der Waals surface area contributed by atoms with Gasteiger partial charge in [0.15, 0.2) is 0 Å². The number of carbonyl (C=O) groups is 1. The molecule has 1 saturated heterocycles. The van der Waals surface area contributed by atoms with E-state index in [0.29, 0.717) is 23.0 Å². The molecule has 1 unspecified atom stereocenters. The maximum absolute atomic E-state index is 12.4. The molecule has 0 radical (unpaired) electrons. The molecule has 22 heavy (non-hydrogen) atoms. The van der Waals surface area contributed by atoms with Gasteiger partial charge in [-0.1, -0.05) is 25.5 Å². The fourth-order valence-corrected chi connectivity index (χ4v) is 6.73. The summed E-state index contributed by atoms with van der Waals surface area (Å²) in [5.41, 5.74) is 2.39. The topological polar surface area (TPSA) is 29.6 Å². The Bertz CT molecular complexity index is 572. The third-order valence-corrected chi connectivity index (χ3v) is 8.43. The Morgan fingerprint density at radius 3 is 2.73 bits per heavy atom. The number of fused-ring (bicyclic) bond motifs is 5. The highest BCUT2D eigenvalue weighted by Crippen LogP contribution is 2.65. The number of rotatable bonds is 0. The van der Waals surface area contributed by atoms with Crippen LogP contribution in [0.25, 0.3) is 0 Å². The van der Waals surface area contributed by atoms with Crippen LogP contribution in [0.1, 0.15) is 65.2 Å². The summed E-state index contributed by atoms with van der Waals surface area (Å²) in [5.74, 6) is 2.67. The van der Waals surface area contributed by atoms with Crippen LogP contribution >= 0.6 is 0 Å². The molecule has 2 nitrogen and oxygen atoms in total. The van der Waals surface area contributed by atoms with E-state index in [1.807, 2.05) is 0 Å². The maximum atomic E-state index is 12.4. The molecule has 5 aliphatic rings. The first-order valence-corrected chi connectivity index (χ1v) is 9.35. The molecule has 2 heteroatoms. The van der Waals surface area contributed by atoms with E-state index in [1.54, 1.807) is 5.57 Å². The van der Waals surface area contributed by atoms with E-state index < -0.39 is 0 Å². The minimum absolute atomic E-state index is 0.0349. The van der Waals surface area contributed by atoms with E-state index in [2.05, 4.69) is 19.9 Å². The molecular weight excluding hydrogens is 272 g/mol. The Balaban J connectivity index is 1.51. The van der Waals surface area contributed by atoms with Crippen LogP contribution in [0.15, 0.2) is 11.6 Å². The van der Waals surface area contributed by atoms with Gasteiger partial charge in [-0.15, -0.1) is 0 Å². The van der Waals surface area contributed by atoms with E-state index in [9.17, 15) is 4.79 Å². The lowest BCUT2D eigenvalue weighted by Crippen LogP contribution is -2.49. The second-order valence-corrected chi connectivity index (χ2v) is 9.32. The second-order valence-electron chi connectivity index (χ2n) is 9.32. The number of ether oxygens (including phenoxy) is 1. The van der Waals surface area contributed by atoms with Gasteiger partial charge in [0.05, 0.1) is 12.2 Å². The average Bonchev–Trinajstić information content (AvgIpc) is 3.19. The van der Waals surface area contributed by atoms with Crippen LogP contribution in [0, 0.1) is 28.6 Å². The minimum Gasteiger partial charge on any atom is -0.370 e. The number of ketones is 1. The molecule has 0 amide bonds. The molecular formula is C20H28O2. The third-order valence-electron chi connectivity index (χ3n) is 8.43. The van der Waals surface area contributed by atoms with E-state index in [4.69, 9.17) is 4.74 Å². The van der Waals surface area contributed by atoms with Crippen LogP contribution < -0.4 is 0 Å². The molecule has 0 bridgehead atoms. The van der Waals surface area contributed by atoms with Gasteiger partial charge in [0.2, 0.25) is 0 Å². The first-order valence-electron chi connectivity index (χ1n) is 9.35. The van der Waals surface area contributed by atoms with Crippen molar-refractivity contribution < 1.29 is 9.53 Å². The number of carbonyl (C=O) groups excluding carboxylic acids is 1. The lowest BCUT2D eigenvalue weighted by molar-refractivity contribution is -0.127. The molecule has 4 aliphatic carbocycles. The van der Waals surface area contributed by atoms with Crippen molar-refractivity contribution in [2.75, 3.05) is 6.61 Å². The van der Waals surface area contributed by atoms with Crippen molar-refractivity contribution in [3.8, 4) is 0 Å². The quantitative estimate of drug-likeness (QED) is 0.493. The average molecular weight is 300 g/mol. The number of hydrogen-bond acceptors (Lipinski definition) is 2. The van der Waals surface area contributed by atoms with Crippen molar-refractivity contribution in [1.82, 2.24) is 0 Å². The highest BCUT2D eigenvalue weighted by Gasteiger charge is 2.60. The summed E-state index contributed by atoms with van der Waals surface area (Å²) in [5, 5.41) is 0. The number of hydrogen-bond donors (Lipinski definition) is 0. The molecule has 120 valence electrons. The number of epoxide rings is 1. The first-order chi connectivity index (χ1) is 10.5. The summed E-state index contributed by atoms with van der Waals surface area (Å²) in [6.07, 6.45) is 12.0. The van der Waals surface area contributed by atoms with Gasteiger partial charge < -0.3 is 4.74 Å². The van der Waals surface area contributed by atoms with Gasteiger partial charge in [-0.3, -0.25) is 4.79 Å². The SMILES string of the molecule is C[C@]12CC[C@]3(CO3)C[C@@H]1CCC1C2=CC[C@]2(C)C(=O)CC[C@@H]12. The van der Waals surface area contributed by atoms with Crippen LogP contribution in [0.5, 0.6) is 0 Å². The lowest BCUT2D eigenvalue weighted by Gasteiger charge is -2.56. The summed E-state index contributed by atoms with van der Waals surface area (Å²) < 4.78 is 5.80. The fourth-order valence-electron chi connectivity index (χ4n) is 6.73. The van der Waals surface area contributed by atoms with Crippen molar-refractivity contribution in [1.29, 1.82) is 0 Å². The minimum atomic E-state index is -0.0349. The van der Waals surface area contributed by atoms with Gasteiger partial charge in [0, 0.05) is 11.8 Å². The van der Waals surface area contributed by atoms with Gasteiger partial charge in [0.1, 0.15) is 5.78 Å². The number of Topliss-reactive ketones (excluding diaryl/α,β-unsaturated/α-hetero) is 1. The van der Waals surface area contributed by atoms with Crippen LogP contribution in [-0.4, -0.2) is 18.0 Å².